The average Bonchev–Trinajstić information content (AvgIpc) is 3.27. The number of carbonyl (C=O) groups is 7. The fourth-order valence-electron chi connectivity index (χ4n) is 7.71. The zero-order valence-electron chi connectivity index (χ0n) is 42.6. The number of fused-ring (bicyclic) bond motifs is 1. The zero-order valence-corrected chi connectivity index (χ0v) is 44.2. The van der Waals surface area contributed by atoms with E-state index in [1.54, 1.807) is 39.8 Å². The lowest BCUT2D eigenvalue weighted by molar-refractivity contribution is -0.146. The van der Waals surface area contributed by atoms with Crippen molar-refractivity contribution in [2.45, 2.75) is 150 Å². The first kappa shape index (κ1) is 59.8. The molecule has 2 aromatic rings. The van der Waals surface area contributed by atoms with E-state index in [1.807, 2.05) is 27.7 Å². The lowest BCUT2D eigenvalue weighted by Gasteiger charge is -2.28. The molecule has 1 aromatic heterocycles. The summed E-state index contributed by atoms with van der Waals surface area (Å²) in [5.41, 5.74) is 6.70. The number of esters is 1. The van der Waals surface area contributed by atoms with E-state index in [2.05, 4.69) is 47.2 Å². The van der Waals surface area contributed by atoms with Gasteiger partial charge in [-0.05, 0) is 119 Å². The number of rotatable bonds is 30. The van der Waals surface area contributed by atoms with Gasteiger partial charge in [-0.15, -0.1) is 0 Å². The van der Waals surface area contributed by atoms with Crippen LogP contribution in [0.25, 0.3) is 21.4 Å². The Morgan fingerprint density at radius 1 is 0.873 bits per heavy atom. The van der Waals surface area contributed by atoms with Gasteiger partial charge in [0.25, 0.3) is 0 Å². The van der Waals surface area contributed by atoms with Crippen LogP contribution in [0.1, 0.15) is 138 Å². The number of nitrogens with one attached hydrogen (secondary N) is 4. The molecular formula is C50H74BrN7O13. The maximum atomic E-state index is 13.7. The van der Waals surface area contributed by atoms with Crippen LogP contribution in [0.2, 0.25) is 0 Å². The van der Waals surface area contributed by atoms with Crippen molar-refractivity contribution in [2.24, 2.45) is 28.3 Å². The third-order valence-corrected chi connectivity index (χ3v) is 12.6. The van der Waals surface area contributed by atoms with Crippen LogP contribution >= 0.6 is 15.9 Å². The summed E-state index contributed by atoms with van der Waals surface area (Å²) in [5, 5.41) is 15.4. The molecule has 394 valence electrons. The number of halogens is 1. The molecule has 0 aliphatic heterocycles. The number of nitrogens with zero attached hydrogens (tertiary/aromatic N) is 3. The molecule has 1 saturated carbocycles. The Kier molecular flexibility index (Phi) is 24.5. The molecule has 4 amide bonds. The molecule has 1 aromatic carbocycles. The number of alkyl carbamates (subject to hydrolysis) is 1. The minimum atomic E-state index is -0.726. The second kappa shape index (κ2) is 29.1. The van der Waals surface area contributed by atoms with Crippen LogP contribution < -0.4 is 31.6 Å². The van der Waals surface area contributed by atoms with Crippen molar-refractivity contribution in [3.05, 3.63) is 49.1 Å². The summed E-state index contributed by atoms with van der Waals surface area (Å²) in [6.45, 7) is 16.3. The lowest BCUT2D eigenvalue weighted by atomic mass is 9.85. The average molecular weight is 1060 g/mol. The van der Waals surface area contributed by atoms with Crippen molar-refractivity contribution < 1.29 is 56.9 Å². The largest absolute Gasteiger partial charge is 0.492 e. The highest BCUT2D eigenvalue weighted by molar-refractivity contribution is 9.10. The molecule has 0 saturated heterocycles. The molecule has 1 fully saturated rings. The fourth-order valence-corrected chi connectivity index (χ4v) is 8.17. The maximum Gasteiger partial charge on any atom is 0.407 e. The number of unbranched alkanes of at least 4 members (excludes halogenated alkanes) is 2. The number of ether oxygens (including phenoxy) is 4. The topological polar surface area (TPSA) is 284 Å². The predicted molar refractivity (Wildman–Crippen MR) is 268 cm³/mol. The Morgan fingerprint density at radius 2 is 1.58 bits per heavy atom. The molecule has 71 heavy (non-hydrogen) atoms. The monoisotopic (exact) mass is 1060 g/mol. The number of carbonyl (C=O) groups excluding carboxylic acids is 7. The van der Waals surface area contributed by atoms with Crippen LogP contribution in [-0.4, -0.2) is 98.5 Å². The molecule has 0 bridgehead atoms. The summed E-state index contributed by atoms with van der Waals surface area (Å²) in [7, 11) is 0. The Bertz CT molecular complexity index is 2270. The normalized spacial score (nSPS) is 15.0. The number of Topliss-reactive ketones (excluding diaryl/α,β-unsaturated/α-hetero) is 2. The van der Waals surface area contributed by atoms with E-state index < -0.39 is 57.7 Å². The smallest absolute Gasteiger partial charge is 0.407 e. The van der Waals surface area contributed by atoms with E-state index in [0.29, 0.717) is 105 Å². The molecule has 21 heteroatoms. The van der Waals surface area contributed by atoms with Gasteiger partial charge in [0.2, 0.25) is 17.7 Å². The van der Waals surface area contributed by atoms with Crippen LogP contribution in [0.3, 0.4) is 0 Å². The van der Waals surface area contributed by atoms with Gasteiger partial charge in [-0.2, -0.15) is 0 Å². The van der Waals surface area contributed by atoms with Crippen LogP contribution in [0.4, 0.5) is 4.79 Å². The summed E-state index contributed by atoms with van der Waals surface area (Å²) in [6, 6.07) is 4.54. The van der Waals surface area contributed by atoms with Gasteiger partial charge in [-0.3, -0.25) is 28.8 Å². The molecular weight excluding hydrogens is 986 g/mol. The SMILES string of the molecule is CC(CC(=O)OCc1cc(=O)oc2cc(OCCCCNC(=O)OC(C)(C)C)c(Br)cc12)C(CCCCNC(=O)C(C)(C)CCOC(C)(C)CCN=[N+]=[N-])C(=O)NCCNC(=O)CC1CCC(=O)C(=O)C1. The molecule has 3 atom stereocenters. The second-order valence-electron chi connectivity index (χ2n) is 20.3. The van der Waals surface area contributed by atoms with E-state index in [0.717, 1.165) is 0 Å². The summed E-state index contributed by atoms with van der Waals surface area (Å²) in [6.07, 6.45) is 3.87. The first-order valence-electron chi connectivity index (χ1n) is 24.4. The predicted octanol–water partition coefficient (Wildman–Crippen LogP) is 7.68. The Hall–Kier alpha value is -5.53. The van der Waals surface area contributed by atoms with E-state index in [1.165, 1.54) is 6.07 Å². The van der Waals surface area contributed by atoms with Crippen molar-refractivity contribution in [3.8, 4) is 5.75 Å². The number of azide groups is 1. The van der Waals surface area contributed by atoms with E-state index in [4.69, 9.17) is 28.9 Å². The first-order valence-corrected chi connectivity index (χ1v) is 25.2. The van der Waals surface area contributed by atoms with Crippen LogP contribution in [0, 0.1) is 23.2 Å². The number of hydrogen-bond donors (Lipinski definition) is 4. The molecule has 0 spiro atoms. The highest BCUT2D eigenvalue weighted by atomic mass is 79.9. The van der Waals surface area contributed by atoms with Crippen LogP contribution in [0.5, 0.6) is 5.75 Å². The molecule has 1 heterocycles. The zero-order chi connectivity index (χ0) is 52.8. The van der Waals surface area contributed by atoms with Gasteiger partial charge in [-0.25, -0.2) is 9.59 Å². The molecule has 4 N–H and O–H groups in total. The number of benzene rings is 1. The highest BCUT2D eigenvalue weighted by Crippen LogP contribution is 2.33. The summed E-state index contributed by atoms with van der Waals surface area (Å²) in [5.74, 6) is -3.12. The number of ketones is 2. The van der Waals surface area contributed by atoms with Crippen molar-refractivity contribution in [1.82, 2.24) is 21.3 Å². The summed E-state index contributed by atoms with van der Waals surface area (Å²) >= 11 is 3.52. The molecule has 3 rings (SSSR count). The molecule has 20 nitrogen and oxygen atoms in total. The number of amides is 4. The van der Waals surface area contributed by atoms with Gasteiger partial charge in [0.05, 0.1) is 16.7 Å². The van der Waals surface area contributed by atoms with Crippen molar-refractivity contribution in [3.63, 3.8) is 0 Å². The lowest BCUT2D eigenvalue weighted by Crippen LogP contribution is -2.40. The van der Waals surface area contributed by atoms with E-state index in [-0.39, 0.29) is 74.6 Å². The minimum Gasteiger partial charge on any atom is -0.492 e. The van der Waals surface area contributed by atoms with Crippen LogP contribution in [0.15, 0.2) is 37.0 Å². The summed E-state index contributed by atoms with van der Waals surface area (Å²) < 4.78 is 28.9. The number of hydrogen-bond acceptors (Lipinski definition) is 14. The quantitative estimate of drug-likeness (QED) is 0.0111. The van der Waals surface area contributed by atoms with Gasteiger partial charge >= 0.3 is 17.7 Å². The van der Waals surface area contributed by atoms with Crippen molar-refractivity contribution in [2.75, 3.05) is 45.9 Å². The highest BCUT2D eigenvalue weighted by Gasteiger charge is 2.31. The molecule has 1 aliphatic carbocycles. The van der Waals surface area contributed by atoms with Gasteiger partial charge in [0.15, 0.2) is 11.6 Å². The maximum absolute atomic E-state index is 13.7. The van der Waals surface area contributed by atoms with Crippen molar-refractivity contribution >= 4 is 68.2 Å². The molecule has 0 radical (unpaired) electrons. The van der Waals surface area contributed by atoms with Gasteiger partial charge in [0.1, 0.15) is 23.5 Å². The first-order chi connectivity index (χ1) is 33.4. The Morgan fingerprint density at radius 3 is 2.28 bits per heavy atom. The summed E-state index contributed by atoms with van der Waals surface area (Å²) in [4.78, 5) is 104. The third-order valence-electron chi connectivity index (χ3n) is 12.0. The standard InChI is InChI=1S/C50H74BrN7O13/c1-32(25-43(62)68-31-34-28-44(63)70-40-30-41(37(51)29-36(34)40)67-23-12-11-19-56-47(66)71-48(2,3)4)35(45(64)54-22-21-53-42(61)27-33-14-15-38(59)39(60)26-33)13-9-10-18-55-46(65)49(5,6)17-24-69-50(7,8)16-20-57-58-52/h28-30,32-33,35H,9-27,31H2,1-8H3,(H,53,61)(H,54,64)(H,55,65)(H,56,66). The molecule has 3 unspecified atom stereocenters. The molecule has 1 aliphatic rings. The van der Waals surface area contributed by atoms with E-state index in [9.17, 15) is 38.4 Å². The van der Waals surface area contributed by atoms with E-state index >= 15 is 0 Å². The third kappa shape index (κ3) is 22.6. The fraction of sp³-hybridized carbons (Fsp3) is 0.680. The van der Waals surface area contributed by atoms with Gasteiger partial charge in [-0.1, -0.05) is 32.3 Å². The second-order valence-corrected chi connectivity index (χ2v) is 21.2. The Balaban J connectivity index is 1.58. The Labute approximate surface area is 424 Å². The van der Waals surface area contributed by atoms with Crippen molar-refractivity contribution in [1.29, 1.82) is 0 Å². The minimum absolute atomic E-state index is 0.0505. The van der Waals surface area contributed by atoms with Crippen LogP contribution in [-0.2, 0) is 49.6 Å². The van der Waals surface area contributed by atoms with Gasteiger partial charge < -0.3 is 44.6 Å². The van der Waals surface area contributed by atoms with Gasteiger partial charge in [0, 0.05) is 104 Å².